The average Bonchev–Trinajstić information content (AvgIpc) is 2.29. The van der Waals surface area contributed by atoms with Crippen molar-refractivity contribution in [2.75, 3.05) is 19.7 Å². The van der Waals surface area contributed by atoms with Gasteiger partial charge in [-0.05, 0) is 32.2 Å². The van der Waals surface area contributed by atoms with E-state index in [1.807, 2.05) is 6.92 Å². The van der Waals surface area contributed by atoms with Crippen molar-refractivity contribution in [1.29, 1.82) is 0 Å². The van der Waals surface area contributed by atoms with Gasteiger partial charge in [-0.3, -0.25) is 4.79 Å². The van der Waals surface area contributed by atoms with E-state index < -0.39 is 0 Å². The molecule has 96 valence electrons. The summed E-state index contributed by atoms with van der Waals surface area (Å²) in [6, 6.07) is 0.129. The number of aliphatic hydroxyl groups is 1. The Balaban J connectivity index is 0.00000225. The summed E-state index contributed by atoms with van der Waals surface area (Å²) in [5, 5.41) is 15.1. The van der Waals surface area contributed by atoms with Gasteiger partial charge >= 0.3 is 0 Å². The van der Waals surface area contributed by atoms with E-state index in [2.05, 4.69) is 10.6 Å². The Kier molecular flexibility index (Phi) is 8.61. The lowest BCUT2D eigenvalue weighted by molar-refractivity contribution is -0.126. The second-order valence-electron chi connectivity index (χ2n) is 4.17. The minimum absolute atomic E-state index is 0. The number of aliphatic hydroxyl groups excluding tert-OH is 1. The van der Waals surface area contributed by atoms with Gasteiger partial charge < -0.3 is 15.7 Å². The molecular weight excluding hydrogens is 228 g/mol. The molecule has 1 unspecified atom stereocenters. The van der Waals surface area contributed by atoms with Crippen LogP contribution >= 0.6 is 12.4 Å². The Labute approximate surface area is 104 Å². The number of amides is 1. The second-order valence-corrected chi connectivity index (χ2v) is 4.17. The third-order valence-electron chi connectivity index (χ3n) is 2.98. The van der Waals surface area contributed by atoms with E-state index in [1.54, 1.807) is 0 Å². The summed E-state index contributed by atoms with van der Waals surface area (Å²) < 4.78 is 0. The van der Waals surface area contributed by atoms with Gasteiger partial charge in [-0.1, -0.05) is 6.92 Å². The lowest BCUT2D eigenvalue weighted by atomic mass is 9.98. The standard InChI is InChI=1S/C11H22N2O2.ClH/c1-2-10(5-7-14)13-11(15)9-4-3-6-12-8-9;/h9-10,12,14H,2-8H2,1H3,(H,13,15);1H/t9-,10?;/m1./s1. The van der Waals surface area contributed by atoms with Crippen LogP contribution in [0.4, 0.5) is 0 Å². The van der Waals surface area contributed by atoms with Crippen LogP contribution in [0.2, 0.25) is 0 Å². The molecule has 1 fully saturated rings. The monoisotopic (exact) mass is 250 g/mol. The van der Waals surface area contributed by atoms with Gasteiger partial charge in [0.2, 0.25) is 5.91 Å². The van der Waals surface area contributed by atoms with Gasteiger partial charge in [0.15, 0.2) is 0 Å². The van der Waals surface area contributed by atoms with Crippen LogP contribution in [0.15, 0.2) is 0 Å². The molecule has 0 spiro atoms. The molecular formula is C11H23ClN2O2. The van der Waals surface area contributed by atoms with E-state index in [0.29, 0.717) is 6.42 Å². The summed E-state index contributed by atoms with van der Waals surface area (Å²) in [5.41, 5.74) is 0. The topological polar surface area (TPSA) is 61.4 Å². The van der Waals surface area contributed by atoms with Crippen LogP contribution in [0.3, 0.4) is 0 Å². The number of piperidine rings is 1. The third kappa shape index (κ3) is 5.14. The average molecular weight is 251 g/mol. The van der Waals surface area contributed by atoms with E-state index >= 15 is 0 Å². The van der Waals surface area contributed by atoms with Gasteiger partial charge in [0.25, 0.3) is 0 Å². The highest BCUT2D eigenvalue weighted by Gasteiger charge is 2.22. The normalized spacial score (nSPS) is 22.0. The molecule has 0 aromatic heterocycles. The van der Waals surface area contributed by atoms with Crippen molar-refractivity contribution < 1.29 is 9.90 Å². The van der Waals surface area contributed by atoms with Gasteiger partial charge in [-0.25, -0.2) is 0 Å². The third-order valence-corrected chi connectivity index (χ3v) is 2.98. The molecule has 0 aromatic rings. The maximum atomic E-state index is 11.8. The zero-order chi connectivity index (χ0) is 11.1. The minimum atomic E-state index is 0. The molecule has 0 aromatic carbocycles. The first-order valence-electron chi connectivity index (χ1n) is 5.89. The number of nitrogens with one attached hydrogen (secondary N) is 2. The summed E-state index contributed by atoms with van der Waals surface area (Å²) in [5.74, 6) is 0.258. The van der Waals surface area contributed by atoms with E-state index in [0.717, 1.165) is 32.4 Å². The molecule has 1 amide bonds. The summed E-state index contributed by atoms with van der Waals surface area (Å²) >= 11 is 0. The molecule has 1 aliphatic rings. The fourth-order valence-electron chi connectivity index (χ4n) is 1.93. The Morgan fingerprint density at radius 1 is 1.62 bits per heavy atom. The zero-order valence-corrected chi connectivity index (χ0v) is 10.7. The van der Waals surface area contributed by atoms with Crippen molar-refractivity contribution in [2.45, 2.75) is 38.6 Å². The highest BCUT2D eigenvalue weighted by atomic mass is 35.5. The van der Waals surface area contributed by atoms with Crippen LogP contribution in [0.1, 0.15) is 32.6 Å². The first-order chi connectivity index (χ1) is 7.27. The summed E-state index contributed by atoms with van der Waals surface area (Å²) in [7, 11) is 0. The van der Waals surface area contributed by atoms with Gasteiger partial charge in [0.05, 0.1) is 5.92 Å². The number of hydrogen-bond acceptors (Lipinski definition) is 3. The van der Waals surface area contributed by atoms with Crippen LogP contribution < -0.4 is 10.6 Å². The van der Waals surface area contributed by atoms with Crippen molar-refractivity contribution in [2.24, 2.45) is 5.92 Å². The summed E-state index contributed by atoms with van der Waals surface area (Å²) in [6.45, 7) is 3.99. The molecule has 2 atom stereocenters. The Morgan fingerprint density at radius 2 is 2.38 bits per heavy atom. The molecule has 1 saturated heterocycles. The summed E-state index contributed by atoms with van der Waals surface area (Å²) in [4.78, 5) is 11.8. The Bertz CT molecular complexity index is 196. The van der Waals surface area contributed by atoms with E-state index in [1.165, 1.54) is 0 Å². The van der Waals surface area contributed by atoms with E-state index in [4.69, 9.17) is 5.11 Å². The largest absolute Gasteiger partial charge is 0.396 e. The van der Waals surface area contributed by atoms with Crippen LogP contribution in [0.5, 0.6) is 0 Å². The highest BCUT2D eigenvalue weighted by Crippen LogP contribution is 2.10. The molecule has 16 heavy (non-hydrogen) atoms. The molecule has 0 radical (unpaired) electrons. The van der Waals surface area contributed by atoms with Crippen molar-refractivity contribution in [1.82, 2.24) is 10.6 Å². The lowest BCUT2D eigenvalue weighted by Crippen LogP contribution is -2.44. The Morgan fingerprint density at radius 3 is 2.88 bits per heavy atom. The molecule has 3 N–H and O–H groups in total. The zero-order valence-electron chi connectivity index (χ0n) is 9.87. The maximum absolute atomic E-state index is 11.8. The lowest BCUT2D eigenvalue weighted by Gasteiger charge is -2.24. The van der Waals surface area contributed by atoms with Crippen molar-refractivity contribution in [3.63, 3.8) is 0 Å². The molecule has 4 nitrogen and oxygen atoms in total. The van der Waals surface area contributed by atoms with Gasteiger partial charge in [-0.2, -0.15) is 0 Å². The number of carbonyl (C=O) groups is 1. The summed E-state index contributed by atoms with van der Waals surface area (Å²) in [6.07, 6.45) is 3.60. The van der Waals surface area contributed by atoms with Crippen LogP contribution in [-0.2, 0) is 4.79 Å². The Hall–Kier alpha value is -0.320. The molecule has 0 bridgehead atoms. The predicted octanol–water partition coefficient (Wildman–Crippen LogP) is 0.685. The fraction of sp³-hybridized carbons (Fsp3) is 0.909. The van der Waals surface area contributed by atoms with Gasteiger partial charge in [-0.15, -0.1) is 12.4 Å². The van der Waals surface area contributed by atoms with Crippen LogP contribution in [-0.4, -0.2) is 36.8 Å². The predicted molar refractivity (Wildman–Crippen MR) is 66.8 cm³/mol. The van der Waals surface area contributed by atoms with Crippen molar-refractivity contribution >= 4 is 18.3 Å². The van der Waals surface area contributed by atoms with Crippen LogP contribution in [0.25, 0.3) is 0 Å². The quantitative estimate of drug-likeness (QED) is 0.673. The van der Waals surface area contributed by atoms with E-state index in [9.17, 15) is 4.79 Å². The number of hydrogen-bond donors (Lipinski definition) is 3. The molecule has 1 heterocycles. The minimum Gasteiger partial charge on any atom is -0.396 e. The van der Waals surface area contributed by atoms with Crippen molar-refractivity contribution in [3.05, 3.63) is 0 Å². The molecule has 1 rings (SSSR count). The maximum Gasteiger partial charge on any atom is 0.224 e. The first-order valence-corrected chi connectivity index (χ1v) is 5.89. The number of halogens is 1. The molecule has 0 aliphatic carbocycles. The van der Waals surface area contributed by atoms with Crippen LogP contribution in [0, 0.1) is 5.92 Å². The molecule has 1 aliphatic heterocycles. The molecule has 0 saturated carbocycles. The first kappa shape index (κ1) is 15.7. The second kappa shape index (κ2) is 8.79. The number of carbonyl (C=O) groups excluding carboxylic acids is 1. The highest BCUT2D eigenvalue weighted by molar-refractivity contribution is 5.85. The van der Waals surface area contributed by atoms with Crippen molar-refractivity contribution in [3.8, 4) is 0 Å². The van der Waals surface area contributed by atoms with Gasteiger partial charge in [0.1, 0.15) is 0 Å². The SMILES string of the molecule is CCC(CCO)NC(=O)[C@@H]1CCCNC1.Cl. The molecule has 5 heteroatoms. The fourth-order valence-corrected chi connectivity index (χ4v) is 1.93. The number of rotatable bonds is 5. The van der Waals surface area contributed by atoms with Gasteiger partial charge in [0, 0.05) is 19.2 Å². The smallest absolute Gasteiger partial charge is 0.224 e. The van der Waals surface area contributed by atoms with E-state index in [-0.39, 0.29) is 36.9 Å².